The number of carbonyl (C=O) groups is 1. The van der Waals surface area contributed by atoms with Crippen molar-refractivity contribution in [3.8, 4) is 0 Å². The van der Waals surface area contributed by atoms with E-state index in [9.17, 15) is 9.90 Å². The normalized spacial score (nSPS) is 37.3. The molecule has 2 fully saturated rings. The zero-order chi connectivity index (χ0) is 10.9. The highest BCUT2D eigenvalue weighted by molar-refractivity contribution is 5.75. The Morgan fingerprint density at radius 2 is 2.40 bits per heavy atom. The first kappa shape index (κ1) is 10.9. The van der Waals surface area contributed by atoms with Gasteiger partial charge < -0.3 is 15.6 Å². The summed E-state index contributed by atoms with van der Waals surface area (Å²) in [6.07, 6.45) is 2.25. The first-order chi connectivity index (χ1) is 7.12. The number of amides is 1. The third kappa shape index (κ3) is 2.14. The van der Waals surface area contributed by atoms with Gasteiger partial charge in [0.15, 0.2) is 0 Å². The van der Waals surface area contributed by atoms with Gasteiger partial charge in [-0.2, -0.15) is 0 Å². The van der Waals surface area contributed by atoms with E-state index in [0.29, 0.717) is 6.54 Å². The van der Waals surface area contributed by atoms with Gasteiger partial charge in [0.2, 0.25) is 5.91 Å². The highest BCUT2D eigenvalue weighted by Crippen LogP contribution is 2.35. The van der Waals surface area contributed by atoms with Crippen molar-refractivity contribution < 1.29 is 14.6 Å². The van der Waals surface area contributed by atoms with E-state index in [2.05, 4.69) is 0 Å². The van der Waals surface area contributed by atoms with Gasteiger partial charge in [0.05, 0.1) is 18.2 Å². The maximum Gasteiger partial charge on any atom is 0.231 e. The van der Waals surface area contributed by atoms with Crippen molar-refractivity contribution in [2.24, 2.45) is 5.73 Å². The molecule has 1 amide bonds. The average molecular weight is 214 g/mol. The summed E-state index contributed by atoms with van der Waals surface area (Å²) < 4.78 is 5.65. The van der Waals surface area contributed by atoms with Crippen molar-refractivity contribution in [2.45, 2.75) is 31.0 Å². The van der Waals surface area contributed by atoms with Gasteiger partial charge >= 0.3 is 0 Å². The number of nitrogens with two attached hydrogens (primary N) is 1. The van der Waals surface area contributed by atoms with Crippen LogP contribution in [0.5, 0.6) is 0 Å². The molecule has 2 heterocycles. The summed E-state index contributed by atoms with van der Waals surface area (Å²) in [5.74, 6) is -0.342. The first-order valence-electron chi connectivity index (χ1n) is 5.45. The number of β-amino-alcohol motifs (C(OH)–C–C–N with tert-alkyl or cyclic N) is 1. The number of primary amides is 1. The topological polar surface area (TPSA) is 75.8 Å². The molecule has 86 valence electrons. The van der Waals surface area contributed by atoms with Crippen LogP contribution in [0.2, 0.25) is 0 Å². The minimum atomic E-state index is -0.493. The Kier molecular flexibility index (Phi) is 2.95. The third-order valence-electron chi connectivity index (χ3n) is 3.40. The van der Waals surface area contributed by atoms with Gasteiger partial charge in [-0.05, 0) is 19.3 Å². The van der Waals surface area contributed by atoms with Crippen molar-refractivity contribution in [2.75, 3.05) is 26.2 Å². The standard InChI is InChI=1S/C10H18N2O3/c11-9(14)7-12-4-3-10(8(13)6-12)2-1-5-15-10/h8,13H,1-7H2,(H2,11,14)/t8-,10-/m0/s1. The van der Waals surface area contributed by atoms with Gasteiger partial charge in [-0.3, -0.25) is 9.69 Å². The van der Waals surface area contributed by atoms with Gasteiger partial charge in [0.1, 0.15) is 0 Å². The second kappa shape index (κ2) is 4.08. The van der Waals surface area contributed by atoms with Crippen molar-refractivity contribution in [3.05, 3.63) is 0 Å². The molecule has 5 heteroatoms. The lowest BCUT2D eigenvalue weighted by Gasteiger charge is -2.42. The van der Waals surface area contributed by atoms with Crippen LogP contribution in [-0.2, 0) is 9.53 Å². The molecule has 2 aliphatic rings. The number of nitrogens with zero attached hydrogens (tertiary/aromatic N) is 1. The second-order valence-electron chi connectivity index (χ2n) is 4.48. The number of ether oxygens (including phenoxy) is 1. The number of piperidine rings is 1. The smallest absolute Gasteiger partial charge is 0.231 e. The Labute approximate surface area is 89.2 Å². The lowest BCUT2D eigenvalue weighted by atomic mass is 9.86. The van der Waals surface area contributed by atoms with Crippen LogP contribution >= 0.6 is 0 Å². The molecular formula is C10H18N2O3. The fourth-order valence-electron chi connectivity index (χ4n) is 2.56. The third-order valence-corrected chi connectivity index (χ3v) is 3.40. The van der Waals surface area contributed by atoms with E-state index in [1.165, 1.54) is 0 Å². The van der Waals surface area contributed by atoms with Gasteiger partial charge in [-0.25, -0.2) is 0 Å². The molecule has 2 saturated heterocycles. The molecule has 15 heavy (non-hydrogen) atoms. The molecule has 1 spiro atoms. The minimum absolute atomic E-state index is 0.229. The van der Waals surface area contributed by atoms with Crippen LogP contribution in [0, 0.1) is 0 Å². The van der Waals surface area contributed by atoms with E-state index in [-0.39, 0.29) is 18.1 Å². The largest absolute Gasteiger partial charge is 0.389 e. The molecule has 0 aliphatic carbocycles. The molecule has 5 nitrogen and oxygen atoms in total. The van der Waals surface area contributed by atoms with Crippen LogP contribution in [0.1, 0.15) is 19.3 Å². The van der Waals surface area contributed by atoms with Crippen molar-refractivity contribution in [3.63, 3.8) is 0 Å². The van der Waals surface area contributed by atoms with Gasteiger partial charge in [0, 0.05) is 19.7 Å². The van der Waals surface area contributed by atoms with Crippen molar-refractivity contribution in [1.82, 2.24) is 4.90 Å². The summed E-state index contributed by atoms with van der Waals surface area (Å²) in [7, 11) is 0. The number of aliphatic hydroxyl groups excluding tert-OH is 1. The summed E-state index contributed by atoms with van der Waals surface area (Å²) in [5.41, 5.74) is 4.78. The second-order valence-corrected chi connectivity index (χ2v) is 4.48. The summed E-state index contributed by atoms with van der Waals surface area (Å²) in [6, 6.07) is 0. The predicted molar refractivity (Wildman–Crippen MR) is 54.2 cm³/mol. The molecule has 2 aliphatic heterocycles. The number of carbonyl (C=O) groups excluding carboxylic acids is 1. The maximum atomic E-state index is 10.8. The monoisotopic (exact) mass is 214 g/mol. The lowest BCUT2D eigenvalue weighted by molar-refractivity contribution is -0.135. The van der Waals surface area contributed by atoms with E-state index in [0.717, 1.165) is 32.4 Å². The molecule has 2 rings (SSSR count). The number of aliphatic hydroxyl groups is 1. The van der Waals surface area contributed by atoms with Crippen LogP contribution < -0.4 is 5.73 Å². The predicted octanol–water partition coefficient (Wildman–Crippen LogP) is -0.912. The van der Waals surface area contributed by atoms with Crippen molar-refractivity contribution in [1.29, 1.82) is 0 Å². The van der Waals surface area contributed by atoms with E-state index in [1.54, 1.807) is 0 Å². The lowest BCUT2D eigenvalue weighted by Crippen LogP contribution is -2.56. The van der Waals surface area contributed by atoms with Crippen LogP contribution in [0.4, 0.5) is 0 Å². The molecule has 0 radical (unpaired) electrons. The van der Waals surface area contributed by atoms with Crippen LogP contribution in [0.15, 0.2) is 0 Å². The molecular weight excluding hydrogens is 196 g/mol. The molecule has 0 aromatic carbocycles. The van der Waals surface area contributed by atoms with Crippen LogP contribution in [-0.4, -0.2) is 53.9 Å². The van der Waals surface area contributed by atoms with Gasteiger partial charge in [-0.15, -0.1) is 0 Å². The molecule has 0 aromatic heterocycles. The molecule has 0 saturated carbocycles. The maximum absolute atomic E-state index is 10.8. The Morgan fingerprint density at radius 1 is 1.60 bits per heavy atom. The van der Waals surface area contributed by atoms with Crippen molar-refractivity contribution >= 4 is 5.91 Å². The van der Waals surface area contributed by atoms with Gasteiger partial charge in [-0.1, -0.05) is 0 Å². The zero-order valence-electron chi connectivity index (χ0n) is 8.82. The highest BCUT2D eigenvalue weighted by atomic mass is 16.5. The van der Waals surface area contributed by atoms with E-state index < -0.39 is 6.10 Å². The Hall–Kier alpha value is -0.650. The zero-order valence-corrected chi connectivity index (χ0v) is 8.82. The molecule has 0 bridgehead atoms. The molecule has 2 atom stereocenters. The van der Waals surface area contributed by atoms with Gasteiger partial charge in [0.25, 0.3) is 0 Å². The number of hydrogen-bond donors (Lipinski definition) is 2. The Balaban J connectivity index is 1.93. The van der Waals surface area contributed by atoms with E-state index >= 15 is 0 Å². The quantitative estimate of drug-likeness (QED) is 0.624. The summed E-state index contributed by atoms with van der Waals surface area (Å²) in [4.78, 5) is 12.6. The fraction of sp³-hybridized carbons (Fsp3) is 0.900. The number of hydrogen-bond acceptors (Lipinski definition) is 4. The molecule has 3 N–H and O–H groups in total. The highest BCUT2D eigenvalue weighted by Gasteiger charge is 2.45. The van der Waals surface area contributed by atoms with E-state index in [4.69, 9.17) is 10.5 Å². The number of rotatable bonds is 2. The molecule has 0 unspecified atom stereocenters. The fourth-order valence-corrected chi connectivity index (χ4v) is 2.56. The van der Waals surface area contributed by atoms with Crippen LogP contribution in [0.25, 0.3) is 0 Å². The Morgan fingerprint density at radius 3 is 2.93 bits per heavy atom. The SMILES string of the molecule is NC(=O)CN1CC[C@@]2(CCCO2)[C@@H](O)C1. The minimum Gasteiger partial charge on any atom is -0.389 e. The first-order valence-corrected chi connectivity index (χ1v) is 5.45. The average Bonchev–Trinajstić information content (AvgIpc) is 2.61. The summed E-state index contributed by atoms with van der Waals surface area (Å²) in [6.45, 7) is 2.24. The van der Waals surface area contributed by atoms with Crippen LogP contribution in [0.3, 0.4) is 0 Å². The van der Waals surface area contributed by atoms with E-state index in [1.807, 2.05) is 4.90 Å². The molecule has 0 aromatic rings. The number of likely N-dealkylation sites (tertiary alicyclic amines) is 1. The Bertz CT molecular complexity index is 251. The summed E-state index contributed by atoms with van der Waals surface area (Å²) in [5, 5.41) is 10.0. The summed E-state index contributed by atoms with van der Waals surface area (Å²) >= 11 is 0.